The molecule has 24 heavy (non-hydrogen) atoms. The number of hydrogen-bond donors (Lipinski definition) is 2. The van der Waals surface area contributed by atoms with E-state index in [9.17, 15) is 9.59 Å². The van der Waals surface area contributed by atoms with Gasteiger partial charge in [0.1, 0.15) is 6.04 Å². The van der Waals surface area contributed by atoms with Gasteiger partial charge in [0.05, 0.1) is 17.5 Å². The second-order valence-corrected chi connectivity index (χ2v) is 5.91. The van der Waals surface area contributed by atoms with Gasteiger partial charge < -0.3 is 10.6 Å². The molecule has 1 aliphatic rings. The van der Waals surface area contributed by atoms with Crippen LogP contribution in [0.1, 0.15) is 16.8 Å². The van der Waals surface area contributed by atoms with Crippen molar-refractivity contribution in [3.05, 3.63) is 54.1 Å². The van der Waals surface area contributed by atoms with Crippen LogP contribution in [-0.2, 0) is 4.79 Å². The van der Waals surface area contributed by atoms with Crippen LogP contribution in [0, 0.1) is 6.92 Å². The first-order valence-electron chi connectivity index (χ1n) is 7.76. The molecular weight excluding hydrogens is 304 g/mol. The lowest BCUT2D eigenvalue weighted by Gasteiger charge is -2.23. The number of anilines is 2. The van der Waals surface area contributed by atoms with Crippen LogP contribution in [0.4, 0.5) is 11.6 Å². The van der Waals surface area contributed by atoms with Gasteiger partial charge in [0.2, 0.25) is 17.8 Å². The Kier molecular flexibility index (Phi) is 3.30. The van der Waals surface area contributed by atoms with Crippen LogP contribution in [-0.4, -0.2) is 27.4 Å². The van der Waals surface area contributed by atoms with Crippen molar-refractivity contribution in [1.29, 1.82) is 0 Å². The topological polar surface area (TPSA) is 76.0 Å². The van der Waals surface area contributed by atoms with Crippen molar-refractivity contribution in [3.63, 3.8) is 0 Å². The average Bonchev–Trinajstić information content (AvgIpc) is 2.95. The predicted molar refractivity (Wildman–Crippen MR) is 92.2 cm³/mol. The number of hydrogen-bond acceptors (Lipinski definition) is 4. The zero-order valence-corrected chi connectivity index (χ0v) is 13.1. The molecule has 0 bridgehead atoms. The van der Waals surface area contributed by atoms with Gasteiger partial charge in [-0.15, -0.1) is 0 Å². The summed E-state index contributed by atoms with van der Waals surface area (Å²) in [6, 6.07) is 14.3. The van der Waals surface area contributed by atoms with Gasteiger partial charge in [0.25, 0.3) is 0 Å². The highest BCUT2D eigenvalue weighted by Crippen LogP contribution is 2.25. The molecule has 0 fully saturated rings. The highest BCUT2D eigenvalue weighted by atomic mass is 16.2. The summed E-state index contributed by atoms with van der Waals surface area (Å²) in [7, 11) is 0. The Bertz CT molecular complexity index is 943. The van der Waals surface area contributed by atoms with Crippen LogP contribution in [0.2, 0.25) is 0 Å². The number of aromatic nitrogens is 2. The van der Waals surface area contributed by atoms with Gasteiger partial charge >= 0.3 is 0 Å². The molecule has 1 amide bonds. The maximum atomic E-state index is 12.5. The third-order valence-electron chi connectivity index (χ3n) is 4.13. The molecule has 1 unspecified atom stereocenters. The fourth-order valence-electron chi connectivity index (χ4n) is 2.87. The van der Waals surface area contributed by atoms with E-state index in [2.05, 4.69) is 15.6 Å². The van der Waals surface area contributed by atoms with E-state index in [-0.39, 0.29) is 18.2 Å². The maximum absolute atomic E-state index is 12.5. The number of nitrogens with zero attached hydrogens (tertiary/aromatic N) is 2. The molecule has 2 aromatic carbocycles. The number of carbonyl (C=O) groups is 2. The fourth-order valence-corrected chi connectivity index (χ4v) is 2.87. The van der Waals surface area contributed by atoms with Crippen LogP contribution in [0.5, 0.6) is 0 Å². The van der Waals surface area contributed by atoms with Gasteiger partial charge in [-0.2, -0.15) is 0 Å². The summed E-state index contributed by atoms with van der Waals surface area (Å²) in [4.78, 5) is 29.3. The van der Waals surface area contributed by atoms with E-state index < -0.39 is 6.04 Å². The minimum absolute atomic E-state index is 0.0883. The normalized spacial score (nSPS) is 16.5. The number of nitrogens with one attached hydrogen (secondary N) is 2. The number of imidazole rings is 1. The predicted octanol–water partition coefficient (Wildman–Crippen LogP) is 2.81. The Morgan fingerprint density at radius 2 is 1.96 bits per heavy atom. The fraction of sp³-hybridized carbons (Fsp3) is 0.167. The van der Waals surface area contributed by atoms with E-state index in [4.69, 9.17) is 0 Å². The van der Waals surface area contributed by atoms with Gasteiger partial charge in [-0.05, 0) is 31.2 Å². The number of aryl methyl sites for hydroxylation is 1. The monoisotopic (exact) mass is 320 g/mol. The van der Waals surface area contributed by atoms with Crippen molar-refractivity contribution in [2.24, 2.45) is 0 Å². The van der Waals surface area contributed by atoms with Gasteiger partial charge in [0.15, 0.2) is 0 Å². The molecule has 3 aromatic rings. The molecule has 0 saturated heterocycles. The van der Waals surface area contributed by atoms with Crippen LogP contribution in [0.25, 0.3) is 11.0 Å². The van der Waals surface area contributed by atoms with Crippen LogP contribution < -0.4 is 10.6 Å². The second-order valence-electron chi connectivity index (χ2n) is 5.91. The van der Waals surface area contributed by atoms with E-state index in [1.54, 1.807) is 0 Å². The van der Waals surface area contributed by atoms with Gasteiger partial charge in [-0.3, -0.25) is 9.59 Å². The first kappa shape index (κ1) is 14.4. The Balaban J connectivity index is 1.59. The molecule has 2 heterocycles. The zero-order valence-electron chi connectivity index (χ0n) is 13.1. The molecule has 6 heteroatoms. The summed E-state index contributed by atoms with van der Waals surface area (Å²) in [5.41, 5.74) is 3.31. The van der Waals surface area contributed by atoms with Crippen LogP contribution in [0.3, 0.4) is 0 Å². The molecule has 0 aliphatic carbocycles. The highest BCUT2D eigenvalue weighted by Gasteiger charge is 2.31. The van der Waals surface area contributed by atoms with E-state index in [1.807, 2.05) is 55.5 Å². The van der Waals surface area contributed by atoms with E-state index in [0.717, 1.165) is 16.6 Å². The van der Waals surface area contributed by atoms with Crippen molar-refractivity contribution in [1.82, 2.24) is 9.55 Å². The molecule has 1 aromatic heterocycles. The van der Waals surface area contributed by atoms with Crippen molar-refractivity contribution in [2.75, 3.05) is 10.6 Å². The van der Waals surface area contributed by atoms with Crippen molar-refractivity contribution in [3.8, 4) is 0 Å². The van der Waals surface area contributed by atoms with E-state index in [0.29, 0.717) is 11.6 Å². The Morgan fingerprint density at radius 1 is 1.21 bits per heavy atom. The lowest BCUT2D eigenvalue weighted by Crippen LogP contribution is -2.42. The molecule has 2 N–H and O–H groups in total. The Labute approximate surface area is 138 Å². The van der Waals surface area contributed by atoms with Crippen LogP contribution >= 0.6 is 0 Å². The first-order chi connectivity index (χ1) is 11.6. The number of fused-ring (bicyclic) bond motifs is 3. The molecular formula is C18H16N4O2. The van der Waals surface area contributed by atoms with Gasteiger partial charge in [-0.25, -0.2) is 9.55 Å². The second kappa shape index (κ2) is 5.49. The molecule has 120 valence electrons. The number of carbonyl (C=O) groups excluding carboxylic acids is 2. The van der Waals surface area contributed by atoms with Crippen molar-refractivity contribution in [2.45, 2.75) is 19.4 Å². The molecule has 1 atom stereocenters. The van der Waals surface area contributed by atoms with E-state index in [1.165, 1.54) is 4.57 Å². The maximum Gasteiger partial charge on any atom is 0.247 e. The summed E-state index contributed by atoms with van der Waals surface area (Å²) in [6.45, 7) is 1.98. The summed E-state index contributed by atoms with van der Waals surface area (Å²) in [6.07, 6.45) is 0.0883. The zero-order chi connectivity index (χ0) is 16.7. The van der Waals surface area contributed by atoms with Gasteiger partial charge in [0, 0.05) is 5.69 Å². The lowest BCUT2D eigenvalue weighted by molar-refractivity contribution is -0.117. The molecule has 0 radical (unpaired) electrons. The average molecular weight is 320 g/mol. The Morgan fingerprint density at radius 3 is 2.75 bits per heavy atom. The van der Waals surface area contributed by atoms with Gasteiger partial charge in [-0.1, -0.05) is 29.8 Å². The van der Waals surface area contributed by atoms with Crippen molar-refractivity contribution >= 4 is 34.5 Å². The highest BCUT2D eigenvalue weighted by molar-refractivity contribution is 6.04. The minimum Gasteiger partial charge on any atom is -0.343 e. The third-order valence-corrected chi connectivity index (χ3v) is 4.13. The first-order valence-corrected chi connectivity index (χ1v) is 7.76. The van der Waals surface area contributed by atoms with Crippen molar-refractivity contribution < 1.29 is 9.59 Å². The number of amides is 1. The molecule has 0 spiro atoms. The number of para-hydroxylation sites is 2. The summed E-state index contributed by atoms with van der Waals surface area (Å²) in [5, 5.41) is 5.90. The number of rotatable bonds is 2. The molecule has 1 aliphatic heterocycles. The summed E-state index contributed by atoms with van der Waals surface area (Å²) < 4.78 is 1.53. The Hall–Kier alpha value is -3.15. The quantitative estimate of drug-likeness (QED) is 0.761. The summed E-state index contributed by atoms with van der Waals surface area (Å²) >= 11 is 0. The SMILES string of the molecule is Cc1ccc(NC(=O)C2CC(=O)n3c(nc4ccccc43)N2)cc1. The number of benzene rings is 2. The largest absolute Gasteiger partial charge is 0.343 e. The van der Waals surface area contributed by atoms with Crippen LogP contribution in [0.15, 0.2) is 48.5 Å². The standard InChI is InChI=1S/C18H16N4O2/c1-11-6-8-12(9-7-11)19-17(24)14-10-16(23)22-15-5-3-2-4-13(15)20-18(22)21-14/h2-9,14H,10H2,1H3,(H,19,24)(H,20,21). The smallest absolute Gasteiger partial charge is 0.247 e. The molecule has 0 saturated carbocycles. The molecule has 4 rings (SSSR count). The van der Waals surface area contributed by atoms with E-state index >= 15 is 0 Å². The third kappa shape index (κ3) is 2.42. The summed E-state index contributed by atoms with van der Waals surface area (Å²) in [5.74, 6) is 0.0310. The lowest BCUT2D eigenvalue weighted by atomic mass is 10.1. The molecule has 6 nitrogen and oxygen atoms in total. The minimum atomic E-state index is -0.636.